The lowest BCUT2D eigenvalue weighted by Crippen LogP contribution is -2.17. The van der Waals surface area contributed by atoms with Crippen LogP contribution in [0.5, 0.6) is 0 Å². The van der Waals surface area contributed by atoms with E-state index < -0.39 is 0 Å². The normalized spacial score (nSPS) is 17.5. The van der Waals surface area contributed by atoms with Gasteiger partial charge in [-0.25, -0.2) is 9.97 Å². The first-order valence-electron chi connectivity index (χ1n) is 6.89. The minimum atomic E-state index is 0.00217. The van der Waals surface area contributed by atoms with Crippen molar-refractivity contribution in [3.05, 3.63) is 41.6 Å². The molecule has 2 rings (SSSR count). The van der Waals surface area contributed by atoms with Crippen LogP contribution in [0.25, 0.3) is 0 Å². The number of rotatable bonds is 2. The summed E-state index contributed by atoms with van der Waals surface area (Å²) >= 11 is 0. The second-order valence-corrected chi connectivity index (χ2v) is 6.01. The molecule has 0 aromatic carbocycles. The lowest BCUT2D eigenvalue weighted by molar-refractivity contribution is 0.543. The lowest BCUT2D eigenvalue weighted by atomic mass is 9.95. The molecule has 3 heteroatoms. The van der Waals surface area contributed by atoms with Gasteiger partial charge >= 0.3 is 0 Å². The monoisotopic (exact) mass is 257 g/mol. The van der Waals surface area contributed by atoms with Gasteiger partial charge in [0, 0.05) is 24.6 Å². The van der Waals surface area contributed by atoms with Gasteiger partial charge in [0.05, 0.1) is 17.6 Å². The van der Waals surface area contributed by atoms with Gasteiger partial charge in [0.2, 0.25) is 0 Å². The van der Waals surface area contributed by atoms with E-state index in [1.54, 1.807) is 0 Å². The molecule has 0 amide bonds. The Morgan fingerprint density at radius 2 is 2.11 bits per heavy atom. The highest BCUT2D eigenvalue weighted by atomic mass is 15.2. The Morgan fingerprint density at radius 3 is 2.74 bits per heavy atom. The molecule has 0 fully saturated rings. The fourth-order valence-electron chi connectivity index (χ4n) is 2.11. The van der Waals surface area contributed by atoms with Gasteiger partial charge in [-0.3, -0.25) is 0 Å². The summed E-state index contributed by atoms with van der Waals surface area (Å²) in [5, 5.41) is 0. The smallest absolute Gasteiger partial charge is 0.134 e. The van der Waals surface area contributed by atoms with Crippen LogP contribution in [-0.4, -0.2) is 17.0 Å². The molecular weight excluding hydrogens is 234 g/mol. The van der Waals surface area contributed by atoms with Crippen LogP contribution in [0.15, 0.2) is 30.1 Å². The van der Waals surface area contributed by atoms with Crippen LogP contribution in [0.3, 0.4) is 0 Å². The average molecular weight is 257 g/mol. The molecule has 3 nitrogen and oxygen atoms in total. The Morgan fingerprint density at radius 1 is 1.37 bits per heavy atom. The minimum absolute atomic E-state index is 0.00217. The lowest BCUT2D eigenvalue weighted by Gasteiger charge is -2.18. The van der Waals surface area contributed by atoms with E-state index in [1.807, 2.05) is 6.20 Å². The summed E-state index contributed by atoms with van der Waals surface area (Å²) in [7, 11) is 2.08. The van der Waals surface area contributed by atoms with Gasteiger partial charge in [0.25, 0.3) is 0 Å². The van der Waals surface area contributed by atoms with Crippen LogP contribution in [0.2, 0.25) is 0 Å². The van der Waals surface area contributed by atoms with Gasteiger partial charge in [-0.1, -0.05) is 39.8 Å². The first-order valence-corrected chi connectivity index (χ1v) is 6.89. The van der Waals surface area contributed by atoms with Crippen molar-refractivity contribution in [1.29, 1.82) is 0 Å². The van der Waals surface area contributed by atoms with Crippen LogP contribution in [0, 0.1) is 0 Å². The molecule has 0 saturated carbocycles. The summed E-state index contributed by atoms with van der Waals surface area (Å²) in [6.07, 6.45) is 10.4. The Hall–Kier alpha value is -1.64. The Bertz CT molecular complexity index is 521. The zero-order valence-electron chi connectivity index (χ0n) is 12.6. The van der Waals surface area contributed by atoms with Crippen molar-refractivity contribution in [2.45, 2.75) is 46.0 Å². The quantitative estimate of drug-likeness (QED) is 0.810. The number of aromatic nitrogens is 2. The third-order valence-electron chi connectivity index (χ3n) is 3.32. The summed E-state index contributed by atoms with van der Waals surface area (Å²) < 4.78 is 0. The van der Waals surface area contributed by atoms with Gasteiger partial charge in [0.1, 0.15) is 5.82 Å². The number of hydrogen-bond donors (Lipinski definition) is 0. The summed E-state index contributed by atoms with van der Waals surface area (Å²) in [4.78, 5) is 11.4. The third-order valence-corrected chi connectivity index (χ3v) is 3.32. The summed E-state index contributed by atoms with van der Waals surface area (Å²) in [6.45, 7) is 8.58. The van der Waals surface area contributed by atoms with E-state index in [4.69, 9.17) is 4.98 Å². The second-order valence-electron chi connectivity index (χ2n) is 6.01. The summed E-state index contributed by atoms with van der Waals surface area (Å²) in [5.74, 6) is 0.921. The molecule has 1 aromatic rings. The van der Waals surface area contributed by atoms with Crippen molar-refractivity contribution in [3.8, 4) is 0 Å². The van der Waals surface area contributed by atoms with Crippen molar-refractivity contribution in [3.63, 3.8) is 0 Å². The molecule has 102 valence electrons. The van der Waals surface area contributed by atoms with Crippen molar-refractivity contribution in [2.24, 2.45) is 0 Å². The number of likely N-dealkylation sites (N-methyl/N-ethyl adjacent to an activating group) is 1. The highest BCUT2D eigenvalue weighted by Gasteiger charge is 2.25. The van der Waals surface area contributed by atoms with E-state index in [0.717, 1.165) is 30.0 Å². The number of hydrogen-bond acceptors (Lipinski definition) is 3. The molecule has 0 aliphatic carbocycles. The molecule has 2 heterocycles. The van der Waals surface area contributed by atoms with Gasteiger partial charge in [-0.05, 0) is 12.5 Å². The minimum Gasteiger partial charge on any atom is -0.345 e. The van der Waals surface area contributed by atoms with E-state index in [2.05, 4.69) is 62.9 Å². The van der Waals surface area contributed by atoms with E-state index in [-0.39, 0.29) is 5.41 Å². The number of allylic oxidation sites excluding steroid dienone is 4. The van der Waals surface area contributed by atoms with Crippen molar-refractivity contribution in [1.82, 2.24) is 9.97 Å². The highest BCUT2D eigenvalue weighted by Crippen LogP contribution is 2.32. The zero-order chi connectivity index (χ0) is 14.0. The number of nitrogens with zero attached hydrogens (tertiary/aromatic N) is 3. The van der Waals surface area contributed by atoms with E-state index in [9.17, 15) is 0 Å². The molecular formula is C16H23N3. The molecule has 0 N–H and O–H groups in total. The van der Waals surface area contributed by atoms with Crippen LogP contribution >= 0.6 is 0 Å². The number of fused-ring (bicyclic) bond motifs is 1. The molecule has 0 saturated heterocycles. The second kappa shape index (κ2) is 5.16. The van der Waals surface area contributed by atoms with Crippen LogP contribution < -0.4 is 4.90 Å². The van der Waals surface area contributed by atoms with Crippen molar-refractivity contribution >= 4 is 5.69 Å². The molecule has 1 aromatic heterocycles. The third kappa shape index (κ3) is 2.86. The molecule has 0 spiro atoms. The Balaban J connectivity index is 2.30. The fourth-order valence-corrected chi connectivity index (χ4v) is 2.11. The Labute approximate surface area is 116 Å². The SMILES string of the molecule is CC/C=C\C=C1/Cc2nc(C(C)(C)C)ncc2N1C. The van der Waals surface area contributed by atoms with Crippen molar-refractivity contribution < 1.29 is 0 Å². The van der Waals surface area contributed by atoms with Gasteiger partial charge in [0.15, 0.2) is 0 Å². The maximum atomic E-state index is 4.74. The molecule has 1 aliphatic heterocycles. The van der Waals surface area contributed by atoms with Gasteiger partial charge < -0.3 is 4.90 Å². The van der Waals surface area contributed by atoms with E-state index in [1.165, 1.54) is 5.70 Å². The van der Waals surface area contributed by atoms with Crippen molar-refractivity contribution in [2.75, 3.05) is 11.9 Å². The van der Waals surface area contributed by atoms with E-state index in [0.29, 0.717) is 0 Å². The zero-order valence-corrected chi connectivity index (χ0v) is 12.6. The molecule has 0 atom stereocenters. The topological polar surface area (TPSA) is 29.0 Å². The fraction of sp³-hybridized carbons (Fsp3) is 0.500. The average Bonchev–Trinajstić information content (AvgIpc) is 2.65. The molecule has 0 radical (unpaired) electrons. The predicted octanol–water partition coefficient (Wildman–Crippen LogP) is 3.62. The van der Waals surface area contributed by atoms with Gasteiger partial charge in [-0.15, -0.1) is 0 Å². The summed E-state index contributed by atoms with van der Waals surface area (Å²) in [5.41, 5.74) is 3.55. The molecule has 0 unspecified atom stereocenters. The maximum Gasteiger partial charge on any atom is 0.134 e. The molecule has 0 bridgehead atoms. The first-order chi connectivity index (χ1) is 8.93. The predicted molar refractivity (Wildman–Crippen MR) is 80.4 cm³/mol. The molecule has 19 heavy (non-hydrogen) atoms. The highest BCUT2D eigenvalue weighted by molar-refractivity contribution is 5.61. The Kier molecular flexibility index (Phi) is 3.74. The van der Waals surface area contributed by atoms with Crippen LogP contribution in [0.4, 0.5) is 5.69 Å². The van der Waals surface area contributed by atoms with Crippen LogP contribution in [-0.2, 0) is 11.8 Å². The number of anilines is 1. The van der Waals surface area contributed by atoms with Gasteiger partial charge in [-0.2, -0.15) is 0 Å². The molecule has 1 aliphatic rings. The maximum absolute atomic E-state index is 4.74. The van der Waals surface area contributed by atoms with E-state index >= 15 is 0 Å². The van der Waals surface area contributed by atoms with Crippen LogP contribution in [0.1, 0.15) is 45.6 Å². The first kappa shape index (κ1) is 13.8. The largest absolute Gasteiger partial charge is 0.345 e. The summed E-state index contributed by atoms with van der Waals surface area (Å²) in [6, 6.07) is 0. The standard InChI is InChI=1S/C16H23N3/c1-6-7-8-9-12-10-13-14(19(12)5)11-17-15(18-13)16(2,3)4/h7-9,11H,6,10H2,1-5H3/b8-7-,12-9+.